The van der Waals surface area contributed by atoms with Crippen molar-refractivity contribution in [3.05, 3.63) is 178 Å². The van der Waals surface area contributed by atoms with Crippen LogP contribution in [0.5, 0.6) is 0 Å². The maximum atomic E-state index is 6.73. The zero-order valence-corrected chi connectivity index (χ0v) is 26.8. The summed E-state index contributed by atoms with van der Waals surface area (Å²) in [4.78, 5) is 6.73. The number of imidazole rings is 1. The van der Waals surface area contributed by atoms with Crippen LogP contribution in [0.1, 0.15) is 50.1 Å². The maximum absolute atomic E-state index is 6.73. The Morgan fingerprint density at radius 2 is 1.00 bits per heavy atom. The number of aryl methyl sites for hydroxylation is 6. The van der Waals surface area contributed by atoms with Gasteiger partial charge in [-0.15, -0.1) is 0 Å². The smallest absolute Gasteiger partial charge is 0.346 e. The van der Waals surface area contributed by atoms with Crippen molar-refractivity contribution in [3.8, 4) is 11.4 Å². The Labute approximate surface area is 266 Å². The van der Waals surface area contributed by atoms with Gasteiger partial charge in [-0.05, 0) is 63.8 Å². The molecule has 0 radical (unpaired) electrons. The molecule has 45 heavy (non-hydrogen) atoms. The van der Waals surface area contributed by atoms with Crippen LogP contribution in [-0.4, -0.2) is 4.57 Å². The summed E-state index contributed by atoms with van der Waals surface area (Å²) in [7, 11) is 0. The zero-order valence-electron chi connectivity index (χ0n) is 26.8. The third-order valence-electron chi connectivity index (χ3n) is 8.40. The quantitative estimate of drug-likeness (QED) is 0.0752. The molecule has 0 saturated heterocycles. The topological polar surface area (TPSA) is 42.8 Å². The molecule has 0 bridgehead atoms. The highest BCUT2D eigenvalue weighted by atomic mass is 16.7. The minimum atomic E-state index is -1.03. The molecule has 0 saturated carbocycles. The van der Waals surface area contributed by atoms with E-state index in [0.717, 1.165) is 50.3 Å². The van der Waals surface area contributed by atoms with Crippen molar-refractivity contribution < 1.29 is 9.40 Å². The molecule has 5 nitrogen and oxygen atoms in total. The second-order valence-corrected chi connectivity index (χ2v) is 11.9. The van der Waals surface area contributed by atoms with Gasteiger partial charge in [0.15, 0.2) is 0 Å². The standard InChI is InChI=1S/C40H39N4O/c1-28-24-30(3)37(31(4)25-28)43-22-23-44(38-32(5)26-29(2)27-33(38)6)39(43)41-42-45-40(34-16-10-7-11-17-34,35-18-12-8-13-19-35)36-20-14-9-15-21-36/h7-27H,1-6H3/q+1. The number of nitrogens with zero attached hydrogens (tertiary/aromatic N) is 4. The van der Waals surface area contributed by atoms with Crippen molar-refractivity contribution in [3.63, 3.8) is 0 Å². The number of hydrogen-bond acceptors (Lipinski definition) is 3. The number of aromatic nitrogens is 2. The molecule has 1 heterocycles. The van der Waals surface area contributed by atoms with Crippen LogP contribution in [-0.2, 0) is 10.4 Å². The molecule has 0 fully saturated rings. The van der Waals surface area contributed by atoms with E-state index in [4.69, 9.17) is 9.95 Å². The highest BCUT2D eigenvalue weighted by Crippen LogP contribution is 2.41. The maximum Gasteiger partial charge on any atom is 0.434 e. The summed E-state index contributed by atoms with van der Waals surface area (Å²) in [6.07, 6.45) is 4.13. The van der Waals surface area contributed by atoms with Crippen LogP contribution in [0.3, 0.4) is 0 Å². The van der Waals surface area contributed by atoms with Gasteiger partial charge in [-0.1, -0.05) is 126 Å². The minimum Gasteiger partial charge on any atom is -0.346 e. The van der Waals surface area contributed by atoms with Crippen molar-refractivity contribution in [2.24, 2.45) is 10.4 Å². The normalized spacial score (nSPS) is 11.7. The molecule has 1 aromatic heterocycles. The number of hydrogen-bond donors (Lipinski definition) is 0. The van der Waals surface area contributed by atoms with Crippen LogP contribution < -0.4 is 4.57 Å². The molecule has 0 aliphatic rings. The Bertz CT molecular complexity index is 1760. The summed E-state index contributed by atoms with van der Waals surface area (Å²) in [5.41, 5.74) is 11.1. The fourth-order valence-corrected chi connectivity index (χ4v) is 6.73. The van der Waals surface area contributed by atoms with Crippen LogP contribution in [0.25, 0.3) is 11.4 Å². The van der Waals surface area contributed by atoms with E-state index in [1.807, 2.05) is 54.6 Å². The summed E-state index contributed by atoms with van der Waals surface area (Å²) < 4.78 is 4.23. The lowest BCUT2D eigenvalue weighted by molar-refractivity contribution is -0.582. The second-order valence-electron chi connectivity index (χ2n) is 11.9. The largest absolute Gasteiger partial charge is 0.434 e. The van der Waals surface area contributed by atoms with Crippen LogP contribution in [0.15, 0.2) is 138 Å². The van der Waals surface area contributed by atoms with Crippen molar-refractivity contribution in [1.29, 1.82) is 0 Å². The summed E-state index contributed by atoms with van der Waals surface area (Å²) in [5.74, 6) is 0.642. The van der Waals surface area contributed by atoms with Crippen molar-refractivity contribution in [2.45, 2.75) is 47.1 Å². The molecule has 0 aliphatic carbocycles. The van der Waals surface area contributed by atoms with E-state index >= 15 is 0 Å². The van der Waals surface area contributed by atoms with Gasteiger partial charge < -0.3 is 4.84 Å². The Morgan fingerprint density at radius 1 is 0.578 bits per heavy atom. The fraction of sp³-hybridized carbons (Fsp3) is 0.175. The Balaban J connectivity index is 1.57. The van der Waals surface area contributed by atoms with Gasteiger partial charge in [0.05, 0.1) is 5.11 Å². The second kappa shape index (κ2) is 12.4. The molecule has 224 valence electrons. The molecule has 0 N–H and O–H groups in total. The van der Waals surface area contributed by atoms with Crippen LogP contribution in [0.2, 0.25) is 0 Å². The summed E-state index contributed by atoms with van der Waals surface area (Å²) >= 11 is 0. The summed E-state index contributed by atoms with van der Waals surface area (Å²) in [5, 5.41) is 9.54. The Hall–Kier alpha value is -5.29. The van der Waals surface area contributed by atoms with Crippen molar-refractivity contribution >= 4 is 5.95 Å². The highest BCUT2D eigenvalue weighted by Gasteiger charge is 2.40. The summed E-state index contributed by atoms with van der Waals surface area (Å²) in [6, 6.07) is 39.5. The van der Waals surface area contributed by atoms with E-state index < -0.39 is 5.60 Å². The molecule has 0 spiro atoms. The molecular weight excluding hydrogens is 552 g/mol. The van der Waals surface area contributed by atoms with Crippen molar-refractivity contribution in [2.75, 3.05) is 0 Å². The van der Waals surface area contributed by atoms with E-state index in [1.54, 1.807) is 0 Å². The van der Waals surface area contributed by atoms with Gasteiger partial charge in [-0.25, -0.2) is 0 Å². The fourth-order valence-electron chi connectivity index (χ4n) is 6.73. The van der Waals surface area contributed by atoms with Gasteiger partial charge in [0, 0.05) is 16.7 Å². The van der Waals surface area contributed by atoms with Gasteiger partial charge in [-0.3, -0.25) is 0 Å². The molecular formula is C40H39N4O+. The Kier molecular flexibility index (Phi) is 8.18. The van der Waals surface area contributed by atoms with Gasteiger partial charge in [0.1, 0.15) is 29.0 Å². The van der Waals surface area contributed by atoms with Crippen molar-refractivity contribution in [1.82, 2.24) is 4.57 Å². The average Bonchev–Trinajstić information content (AvgIpc) is 3.42. The first-order valence-corrected chi connectivity index (χ1v) is 15.3. The molecule has 6 rings (SSSR count). The van der Waals surface area contributed by atoms with E-state index in [0.29, 0.717) is 5.95 Å². The predicted octanol–water partition coefficient (Wildman–Crippen LogP) is 9.61. The van der Waals surface area contributed by atoms with Crippen LogP contribution in [0, 0.1) is 41.5 Å². The lowest BCUT2D eigenvalue weighted by atomic mass is 9.80. The van der Waals surface area contributed by atoms with Crippen LogP contribution in [0.4, 0.5) is 5.95 Å². The average molecular weight is 592 g/mol. The highest BCUT2D eigenvalue weighted by molar-refractivity contribution is 5.53. The van der Waals surface area contributed by atoms with E-state index in [9.17, 15) is 0 Å². The number of rotatable bonds is 8. The lowest BCUT2D eigenvalue weighted by Gasteiger charge is -2.31. The molecule has 0 amide bonds. The molecule has 0 atom stereocenters. The van der Waals surface area contributed by atoms with Crippen LogP contribution >= 0.6 is 0 Å². The van der Waals surface area contributed by atoms with E-state index in [1.165, 1.54) is 11.1 Å². The summed E-state index contributed by atoms with van der Waals surface area (Å²) in [6.45, 7) is 12.8. The van der Waals surface area contributed by atoms with Gasteiger partial charge in [-0.2, -0.15) is 9.13 Å². The third-order valence-corrected chi connectivity index (χ3v) is 8.40. The predicted molar refractivity (Wildman–Crippen MR) is 181 cm³/mol. The van der Waals surface area contributed by atoms with Gasteiger partial charge in [0.2, 0.25) is 5.60 Å². The Morgan fingerprint density at radius 3 is 1.44 bits per heavy atom. The third kappa shape index (κ3) is 5.58. The number of benzene rings is 5. The van der Waals surface area contributed by atoms with E-state index in [-0.39, 0.29) is 0 Å². The first-order valence-electron chi connectivity index (χ1n) is 15.3. The van der Waals surface area contributed by atoms with Gasteiger partial charge >= 0.3 is 5.95 Å². The molecule has 6 aromatic rings. The first kappa shape index (κ1) is 29.8. The lowest BCUT2D eigenvalue weighted by Crippen LogP contribution is -2.32. The molecule has 5 heteroatoms. The van der Waals surface area contributed by atoms with Gasteiger partial charge in [0.25, 0.3) is 0 Å². The SMILES string of the molecule is Cc1cc(C)c(-n2cc[n+](-c3c(C)cc(C)cc3C)c2/N=N/OC(c2ccccc2)(c2ccccc2)c2ccccc2)c(C)c1. The van der Waals surface area contributed by atoms with E-state index in [2.05, 4.69) is 129 Å². The zero-order chi connectivity index (χ0) is 31.6. The molecule has 0 unspecified atom stereocenters. The minimum absolute atomic E-state index is 0.642. The molecule has 0 aliphatic heterocycles. The molecule has 5 aromatic carbocycles. The monoisotopic (exact) mass is 591 g/mol. The first-order chi connectivity index (χ1) is 21.8.